The van der Waals surface area contributed by atoms with E-state index in [1.165, 1.54) is 12.8 Å². The third-order valence-electron chi connectivity index (χ3n) is 3.19. The lowest BCUT2D eigenvalue weighted by molar-refractivity contribution is 0.361. The molecule has 1 unspecified atom stereocenters. The topological polar surface area (TPSA) is 23.8 Å². The molecule has 0 saturated heterocycles. The Morgan fingerprint density at radius 2 is 1.62 bits per heavy atom. The van der Waals surface area contributed by atoms with E-state index >= 15 is 0 Å². The van der Waals surface area contributed by atoms with Crippen molar-refractivity contribution in [2.45, 2.75) is 87.0 Å². The predicted octanol–water partition coefficient (Wildman–Crippen LogP) is 7.31. The smallest absolute Gasteiger partial charge is 0.0816 e. The van der Waals surface area contributed by atoms with Crippen molar-refractivity contribution in [2.24, 2.45) is 11.3 Å². The number of allylic oxidation sites excluding steroid dienone is 2. The molecule has 0 aliphatic rings. The molecule has 1 atom stereocenters. The van der Waals surface area contributed by atoms with Gasteiger partial charge >= 0.3 is 0 Å². The molecule has 0 N–H and O–H groups in total. The van der Waals surface area contributed by atoms with Crippen molar-refractivity contribution < 1.29 is 0 Å². The van der Waals surface area contributed by atoms with Crippen molar-refractivity contribution in [2.75, 3.05) is 0 Å². The number of nitriles is 1. The minimum Gasteiger partial charge on any atom is -0.197 e. The number of hydrogen-bond acceptors (Lipinski definition) is 1. The summed E-state index contributed by atoms with van der Waals surface area (Å²) in [5, 5.41) is 9.39. The molecule has 0 bridgehead atoms. The molecule has 0 fully saturated rings. The van der Waals surface area contributed by atoms with E-state index in [-0.39, 0.29) is 5.41 Å². The SMILES string of the molecule is C=CCC(C#N)(CC(C)C)C(=C)CCC.CC.CCCC. The van der Waals surface area contributed by atoms with Gasteiger partial charge in [-0.25, -0.2) is 0 Å². The van der Waals surface area contributed by atoms with Gasteiger partial charge in [0.2, 0.25) is 0 Å². The third kappa shape index (κ3) is 12.4. The summed E-state index contributed by atoms with van der Waals surface area (Å²) in [7, 11) is 0. The monoisotopic (exact) mass is 293 g/mol. The van der Waals surface area contributed by atoms with Crippen LogP contribution in [0.3, 0.4) is 0 Å². The first-order valence-electron chi connectivity index (χ1n) is 8.64. The summed E-state index contributed by atoms with van der Waals surface area (Å²) in [6.07, 6.45) is 8.08. The molecule has 0 aromatic rings. The molecular weight excluding hydrogens is 254 g/mol. The molecule has 0 radical (unpaired) electrons. The molecular formula is C20H39N. The quantitative estimate of drug-likeness (QED) is 0.430. The molecule has 0 spiro atoms. The molecule has 1 nitrogen and oxygen atoms in total. The summed E-state index contributed by atoms with van der Waals surface area (Å²) in [6, 6.07) is 2.46. The van der Waals surface area contributed by atoms with Crippen molar-refractivity contribution >= 4 is 0 Å². The van der Waals surface area contributed by atoms with Gasteiger partial charge in [0, 0.05) is 0 Å². The maximum atomic E-state index is 9.39. The zero-order valence-corrected chi connectivity index (χ0v) is 15.8. The van der Waals surface area contributed by atoms with Crippen LogP contribution in [0.25, 0.3) is 0 Å². The summed E-state index contributed by atoms with van der Waals surface area (Å²) in [5.41, 5.74) is 0.687. The van der Waals surface area contributed by atoms with E-state index in [0.717, 1.165) is 31.3 Å². The molecule has 21 heavy (non-hydrogen) atoms. The molecule has 0 heterocycles. The van der Waals surface area contributed by atoms with Crippen LogP contribution >= 0.6 is 0 Å². The fourth-order valence-corrected chi connectivity index (χ4v) is 2.03. The highest BCUT2D eigenvalue weighted by molar-refractivity contribution is 5.22. The van der Waals surface area contributed by atoms with Gasteiger partial charge < -0.3 is 0 Å². The molecule has 0 amide bonds. The van der Waals surface area contributed by atoms with Crippen molar-refractivity contribution in [3.63, 3.8) is 0 Å². The Hall–Kier alpha value is -1.03. The first kappa shape index (κ1) is 25.0. The van der Waals surface area contributed by atoms with E-state index in [1.807, 2.05) is 19.9 Å². The van der Waals surface area contributed by atoms with E-state index in [9.17, 15) is 5.26 Å². The van der Waals surface area contributed by atoms with Crippen LogP contribution in [-0.2, 0) is 0 Å². The Kier molecular flexibility index (Phi) is 20.2. The lowest BCUT2D eigenvalue weighted by Crippen LogP contribution is -2.22. The second-order valence-corrected chi connectivity index (χ2v) is 5.64. The van der Waals surface area contributed by atoms with Gasteiger partial charge in [0.15, 0.2) is 0 Å². The predicted molar refractivity (Wildman–Crippen MR) is 98.3 cm³/mol. The number of nitrogens with zero attached hydrogens (tertiary/aromatic N) is 1. The highest BCUT2D eigenvalue weighted by Gasteiger charge is 2.32. The van der Waals surface area contributed by atoms with Crippen LogP contribution in [0, 0.1) is 22.7 Å². The molecule has 0 aromatic heterocycles. The summed E-state index contributed by atoms with van der Waals surface area (Å²) < 4.78 is 0. The third-order valence-corrected chi connectivity index (χ3v) is 3.19. The Morgan fingerprint density at radius 1 is 1.14 bits per heavy atom. The number of unbranched alkanes of at least 4 members (excludes halogenated alkanes) is 1. The lowest BCUT2D eigenvalue weighted by atomic mass is 9.72. The summed E-state index contributed by atoms with van der Waals surface area (Å²) >= 11 is 0. The summed E-state index contributed by atoms with van der Waals surface area (Å²) in [5.74, 6) is 0.512. The highest BCUT2D eigenvalue weighted by Crippen LogP contribution is 2.39. The first-order valence-corrected chi connectivity index (χ1v) is 8.64. The van der Waals surface area contributed by atoms with Gasteiger partial charge in [-0.1, -0.05) is 86.0 Å². The zero-order chi connectivity index (χ0) is 17.3. The van der Waals surface area contributed by atoms with Crippen molar-refractivity contribution in [3.8, 4) is 6.07 Å². The highest BCUT2D eigenvalue weighted by atomic mass is 14.4. The van der Waals surface area contributed by atoms with Crippen LogP contribution in [0.2, 0.25) is 0 Å². The van der Waals surface area contributed by atoms with Crippen LogP contribution in [-0.4, -0.2) is 0 Å². The van der Waals surface area contributed by atoms with Gasteiger partial charge in [-0.15, -0.1) is 6.58 Å². The number of rotatable bonds is 8. The van der Waals surface area contributed by atoms with E-state index in [4.69, 9.17) is 0 Å². The molecule has 0 aliphatic heterocycles. The molecule has 0 rings (SSSR count). The van der Waals surface area contributed by atoms with Crippen molar-refractivity contribution in [1.82, 2.24) is 0 Å². The molecule has 1 heteroatoms. The molecule has 0 aromatic carbocycles. The fraction of sp³-hybridized carbons (Fsp3) is 0.750. The van der Waals surface area contributed by atoms with Crippen molar-refractivity contribution in [1.29, 1.82) is 5.26 Å². The Balaban J connectivity index is -0.000000461. The van der Waals surface area contributed by atoms with Gasteiger partial charge in [0.05, 0.1) is 11.5 Å². The summed E-state index contributed by atoms with van der Waals surface area (Å²) in [4.78, 5) is 0. The Morgan fingerprint density at radius 3 is 1.86 bits per heavy atom. The van der Waals surface area contributed by atoms with E-state index in [2.05, 4.69) is 53.8 Å². The van der Waals surface area contributed by atoms with Crippen LogP contribution < -0.4 is 0 Å². The number of hydrogen-bond donors (Lipinski definition) is 0. The van der Waals surface area contributed by atoms with Crippen LogP contribution in [0.15, 0.2) is 24.8 Å². The van der Waals surface area contributed by atoms with Crippen LogP contribution in [0.5, 0.6) is 0 Å². The van der Waals surface area contributed by atoms with Gasteiger partial charge in [-0.3, -0.25) is 0 Å². The standard InChI is InChI=1S/C14H23N.C4H10.C2H6/c1-6-8-13(5)14(11-15,9-7-2)10-12(3)4;1-3-4-2;1-2/h7,12H,2,5-6,8-10H2,1,3-4H3;3-4H2,1-2H3;1-2H3. The fourth-order valence-electron chi connectivity index (χ4n) is 2.03. The molecule has 0 aliphatic carbocycles. The molecule has 0 saturated carbocycles. The van der Waals surface area contributed by atoms with Gasteiger partial charge in [0.1, 0.15) is 0 Å². The van der Waals surface area contributed by atoms with E-state index in [0.29, 0.717) is 5.92 Å². The van der Waals surface area contributed by atoms with Crippen LogP contribution in [0.4, 0.5) is 0 Å². The lowest BCUT2D eigenvalue weighted by Gasteiger charge is -2.29. The minimum absolute atomic E-state index is 0.383. The van der Waals surface area contributed by atoms with E-state index < -0.39 is 0 Å². The summed E-state index contributed by atoms with van der Waals surface area (Å²) in [6.45, 7) is 22.6. The molecule has 124 valence electrons. The largest absolute Gasteiger partial charge is 0.197 e. The maximum absolute atomic E-state index is 9.39. The van der Waals surface area contributed by atoms with Crippen molar-refractivity contribution in [3.05, 3.63) is 24.8 Å². The Labute approximate surface area is 135 Å². The first-order chi connectivity index (χ1) is 9.93. The maximum Gasteiger partial charge on any atom is 0.0816 e. The average molecular weight is 294 g/mol. The average Bonchev–Trinajstić information content (AvgIpc) is 2.48. The second kappa shape index (κ2) is 17.0. The van der Waals surface area contributed by atoms with E-state index in [1.54, 1.807) is 0 Å². The minimum atomic E-state index is -0.383. The Bertz CT molecular complexity index is 281. The van der Waals surface area contributed by atoms with Crippen LogP contribution in [0.1, 0.15) is 87.0 Å². The zero-order valence-electron chi connectivity index (χ0n) is 15.8. The van der Waals surface area contributed by atoms with Gasteiger partial charge in [0.25, 0.3) is 0 Å². The van der Waals surface area contributed by atoms with Gasteiger partial charge in [-0.05, 0) is 25.2 Å². The normalized spacial score (nSPS) is 12.0. The second-order valence-electron chi connectivity index (χ2n) is 5.64. The van der Waals surface area contributed by atoms with Gasteiger partial charge in [-0.2, -0.15) is 5.26 Å².